The molecule has 0 unspecified atom stereocenters. The summed E-state index contributed by atoms with van der Waals surface area (Å²) in [6, 6.07) is 11.1. The number of hydrogen-bond donors (Lipinski definition) is 1. The first-order valence-corrected chi connectivity index (χ1v) is 9.90. The van der Waals surface area contributed by atoms with Crippen molar-refractivity contribution in [1.29, 1.82) is 0 Å². The molecule has 0 spiro atoms. The average Bonchev–Trinajstić information content (AvgIpc) is 3.29. The van der Waals surface area contributed by atoms with Gasteiger partial charge in [-0.15, -0.1) is 0 Å². The molecule has 3 aromatic rings. The van der Waals surface area contributed by atoms with E-state index in [0.29, 0.717) is 55.8 Å². The van der Waals surface area contributed by atoms with E-state index in [0.717, 1.165) is 11.4 Å². The van der Waals surface area contributed by atoms with Crippen LogP contribution in [0.2, 0.25) is 0 Å². The van der Waals surface area contributed by atoms with E-state index in [1.54, 1.807) is 24.3 Å². The molecule has 30 heavy (non-hydrogen) atoms. The Kier molecular flexibility index (Phi) is 5.78. The highest BCUT2D eigenvalue weighted by Gasteiger charge is 2.22. The van der Waals surface area contributed by atoms with Crippen molar-refractivity contribution in [3.8, 4) is 17.1 Å². The number of ether oxygens (including phenoxy) is 1. The van der Waals surface area contributed by atoms with Crippen LogP contribution in [-0.2, 0) is 6.42 Å². The molecule has 4 rings (SSSR count). The fourth-order valence-corrected chi connectivity index (χ4v) is 3.26. The molecule has 1 fully saturated rings. The lowest BCUT2D eigenvalue weighted by Gasteiger charge is -2.35. The zero-order valence-electron chi connectivity index (χ0n) is 17.0. The van der Waals surface area contributed by atoms with E-state index in [1.165, 1.54) is 0 Å². The molecule has 1 N–H and O–H groups in total. The van der Waals surface area contributed by atoms with Crippen molar-refractivity contribution in [3.63, 3.8) is 0 Å². The molecule has 2 aromatic heterocycles. The largest absolute Gasteiger partial charge is 0.497 e. The smallest absolute Gasteiger partial charge is 0.321 e. The second-order valence-corrected chi connectivity index (χ2v) is 6.91. The number of rotatable bonds is 5. The summed E-state index contributed by atoms with van der Waals surface area (Å²) in [6.45, 7) is 4.61. The number of benzene rings is 1. The maximum atomic E-state index is 12.6. The van der Waals surface area contributed by atoms with Crippen LogP contribution in [0.3, 0.4) is 0 Å². The van der Waals surface area contributed by atoms with Gasteiger partial charge in [0.25, 0.3) is 0 Å². The summed E-state index contributed by atoms with van der Waals surface area (Å²) in [6.07, 6.45) is 2.45. The van der Waals surface area contributed by atoms with E-state index in [2.05, 4.69) is 25.3 Å². The first-order chi connectivity index (χ1) is 14.7. The van der Waals surface area contributed by atoms with Gasteiger partial charge in [0.1, 0.15) is 11.6 Å². The molecule has 0 saturated carbocycles. The minimum absolute atomic E-state index is 0.116. The molecule has 0 bridgehead atoms. The number of hydrogen-bond acceptors (Lipinski definition) is 7. The van der Waals surface area contributed by atoms with Crippen LogP contribution < -0.4 is 15.0 Å². The van der Waals surface area contributed by atoms with E-state index in [-0.39, 0.29) is 6.03 Å². The summed E-state index contributed by atoms with van der Waals surface area (Å²) in [4.78, 5) is 25.4. The van der Waals surface area contributed by atoms with Crippen molar-refractivity contribution in [2.45, 2.75) is 13.3 Å². The second-order valence-electron chi connectivity index (χ2n) is 6.91. The van der Waals surface area contributed by atoms with Crippen LogP contribution in [0.25, 0.3) is 11.4 Å². The first-order valence-electron chi connectivity index (χ1n) is 9.90. The minimum atomic E-state index is -0.116. The van der Waals surface area contributed by atoms with Crippen molar-refractivity contribution >= 4 is 17.5 Å². The lowest BCUT2D eigenvalue weighted by atomic mass is 10.2. The third-order valence-electron chi connectivity index (χ3n) is 4.99. The summed E-state index contributed by atoms with van der Waals surface area (Å²) in [5.74, 6) is 2.73. The SMILES string of the molecule is CCc1nc(-c2ccc(N3CCN(C(=O)Nc4cccc(OC)c4)CC3)nc2)no1. The Bertz CT molecular complexity index is 996. The molecule has 1 aromatic carbocycles. The van der Waals surface area contributed by atoms with Gasteiger partial charge in [0, 0.05) is 56.1 Å². The Labute approximate surface area is 174 Å². The van der Waals surface area contributed by atoms with E-state index in [9.17, 15) is 4.79 Å². The Hall–Kier alpha value is -3.62. The predicted molar refractivity (Wildman–Crippen MR) is 113 cm³/mol. The van der Waals surface area contributed by atoms with Crippen molar-refractivity contribution in [2.24, 2.45) is 0 Å². The van der Waals surface area contributed by atoms with Gasteiger partial charge in [-0.3, -0.25) is 0 Å². The van der Waals surface area contributed by atoms with Crippen LogP contribution in [0.5, 0.6) is 5.75 Å². The summed E-state index contributed by atoms with van der Waals surface area (Å²) < 4.78 is 10.4. The third-order valence-corrected chi connectivity index (χ3v) is 4.99. The maximum absolute atomic E-state index is 12.6. The lowest BCUT2D eigenvalue weighted by molar-refractivity contribution is 0.208. The van der Waals surface area contributed by atoms with E-state index >= 15 is 0 Å². The number of nitrogens with one attached hydrogen (secondary N) is 1. The zero-order valence-corrected chi connectivity index (χ0v) is 17.0. The average molecular weight is 408 g/mol. The van der Waals surface area contributed by atoms with Crippen LogP contribution in [-0.4, -0.2) is 59.3 Å². The van der Waals surface area contributed by atoms with Crippen molar-refractivity contribution < 1.29 is 14.1 Å². The molecule has 9 heteroatoms. The fraction of sp³-hybridized carbons (Fsp3) is 0.333. The molecule has 2 amide bonds. The number of anilines is 2. The number of amides is 2. The fourth-order valence-electron chi connectivity index (χ4n) is 3.26. The molecule has 0 aliphatic carbocycles. The maximum Gasteiger partial charge on any atom is 0.321 e. The van der Waals surface area contributed by atoms with Crippen LogP contribution >= 0.6 is 0 Å². The summed E-state index contributed by atoms with van der Waals surface area (Å²) in [7, 11) is 1.60. The Morgan fingerprint density at radius 3 is 2.70 bits per heavy atom. The van der Waals surface area contributed by atoms with Crippen LogP contribution in [0.1, 0.15) is 12.8 Å². The van der Waals surface area contributed by atoms with E-state index < -0.39 is 0 Å². The zero-order chi connectivity index (χ0) is 20.9. The minimum Gasteiger partial charge on any atom is -0.497 e. The third kappa shape index (κ3) is 4.35. The van der Waals surface area contributed by atoms with Gasteiger partial charge in [0.05, 0.1) is 7.11 Å². The number of methoxy groups -OCH3 is 1. The number of aryl methyl sites for hydroxylation is 1. The van der Waals surface area contributed by atoms with Gasteiger partial charge in [-0.05, 0) is 24.3 Å². The number of urea groups is 1. The number of nitrogens with zero attached hydrogens (tertiary/aromatic N) is 5. The van der Waals surface area contributed by atoms with Crippen molar-refractivity contribution in [2.75, 3.05) is 43.5 Å². The van der Waals surface area contributed by atoms with E-state index in [1.807, 2.05) is 37.3 Å². The number of pyridine rings is 1. The molecule has 1 saturated heterocycles. The van der Waals surface area contributed by atoms with Crippen LogP contribution in [0.4, 0.5) is 16.3 Å². The topological polar surface area (TPSA) is 96.6 Å². The molecular formula is C21H24N6O3. The van der Waals surface area contributed by atoms with Gasteiger partial charge in [-0.2, -0.15) is 4.98 Å². The van der Waals surface area contributed by atoms with Gasteiger partial charge >= 0.3 is 6.03 Å². The Balaban J connectivity index is 1.33. The molecule has 3 heterocycles. The van der Waals surface area contributed by atoms with Gasteiger partial charge in [-0.1, -0.05) is 18.1 Å². The van der Waals surface area contributed by atoms with Gasteiger partial charge < -0.3 is 24.4 Å². The van der Waals surface area contributed by atoms with Crippen molar-refractivity contribution in [1.82, 2.24) is 20.0 Å². The quantitative estimate of drug-likeness (QED) is 0.693. The van der Waals surface area contributed by atoms with Crippen LogP contribution in [0, 0.1) is 0 Å². The highest BCUT2D eigenvalue weighted by Crippen LogP contribution is 2.21. The number of carbonyl (C=O) groups is 1. The van der Waals surface area contributed by atoms with Gasteiger partial charge in [0.2, 0.25) is 11.7 Å². The van der Waals surface area contributed by atoms with Crippen LogP contribution in [0.15, 0.2) is 47.1 Å². The van der Waals surface area contributed by atoms with Gasteiger partial charge in [-0.25, -0.2) is 9.78 Å². The molecule has 156 valence electrons. The number of piperazine rings is 1. The number of carbonyl (C=O) groups excluding carboxylic acids is 1. The highest BCUT2D eigenvalue weighted by molar-refractivity contribution is 5.89. The van der Waals surface area contributed by atoms with Gasteiger partial charge in [0.15, 0.2) is 0 Å². The standard InChI is InChI=1S/C21H24N6O3/c1-3-19-24-20(25-30-19)15-7-8-18(22-14-15)26-9-11-27(12-10-26)21(28)23-16-5-4-6-17(13-16)29-2/h4-8,13-14H,3,9-12H2,1-2H3,(H,23,28). The number of aromatic nitrogens is 3. The predicted octanol–water partition coefficient (Wildman–Crippen LogP) is 3.06. The molecule has 1 aliphatic rings. The second kappa shape index (κ2) is 8.81. The summed E-state index contributed by atoms with van der Waals surface area (Å²) in [5, 5.41) is 6.90. The Morgan fingerprint density at radius 2 is 2.03 bits per heavy atom. The summed E-state index contributed by atoms with van der Waals surface area (Å²) in [5.41, 5.74) is 1.53. The molecule has 9 nitrogen and oxygen atoms in total. The lowest BCUT2D eigenvalue weighted by Crippen LogP contribution is -2.50. The molecule has 1 aliphatic heterocycles. The molecular weight excluding hydrogens is 384 g/mol. The molecule has 0 atom stereocenters. The monoisotopic (exact) mass is 408 g/mol. The Morgan fingerprint density at radius 1 is 1.20 bits per heavy atom. The highest BCUT2D eigenvalue weighted by atomic mass is 16.5. The molecule has 0 radical (unpaired) electrons. The summed E-state index contributed by atoms with van der Waals surface area (Å²) >= 11 is 0. The first kappa shape index (κ1) is 19.7. The van der Waals surface area contributed by atoms with Crippen molar-refractivity contribution in [3.05, 3.63) is 48.5 Å². The van der Waals surface area contributed by atoms with E-state index in [4.69, 9.17) is 9.26 Å². The normalized spacial score (nSPS) is 13.9.